The highest BCUT2D eigenvalue weighted by Crippen LogP contribution is 2.57. The zero-order valence-electron chi connectivity index (χ0n) is 22.6. The largest absolute Gasteiger partial charge is 0.264 e. The smallest absolute Gasteiger partial charge is 0.0964 e. The number of aromatic nitrogens is 3. The highest BCUT2D eigenvalue weighted by Gasteiger charge is 2.30. The van der Waals surface area contributed by atoms with Crippen LogP contribution in [0.4, 0.5) is 0 Å². The van der Waals surface area contributed by atoms with Gasteiger partial charge in [-0.1, -0.05) is 91.0 Å². The van der Waals surface area contributed by atoms with Crippen LogP contribution in [0.2, 0.25) is 0 Å². The van der Waals surface area contributed by atoms with Gasteiger partial charge in [0.1, 0.15) is 0 Å². The van der Waals surface area contributed by atoms with Gasteiger partial charge in [-0.3, -0.25) is 15.0 Å². The van der Waals surface area contributed by atoms with E-state index >= 15 is 0 Å². The zero-order chi connectivity index (χ0) is 27.6. The lowest BCUT2D eigenvalue weighted by molar-refractivity contribution is 1.33. The van der Waals surface area contributed by atoms with Crippen molar-refractivity contribution in [3.8, 4) is 55.6 Å². The Morgan fingerprint density at radius 1 is 0.381 bits per heavy atom. The van der Waals surface area contributed by atoms with Gasteiger partial charge >= 0.3 is 0 Å². The van der Waals surface area contributed by atoms with E-state index in [0.29, 0.717) is 0 Å². The minimum atomic E-state index is 0.920. The summed E-state index contributed by atoms with van der Waals surface area (Å²) < 4.78 is 0. The molecule has 1 aliphatic rings. The molecule has 0 saturated carbocycles. The highest BCUT2D eigenvalue weighted by molar-refractivity contribution is 6.22. The number of benzene rings is 5. The van der Waals surface area contributed by atoms with E-state index in [-0.39, 0.29) is 0 Å². The molecular weight excluding hydrogens is 510 g/mol. The molecule has 3 nitrogen and oxygen atoms in total. The standard InChI is InChI=1S/C39H23N3/c1-2-8-25(9-3-1)35-33(29-20-27-17-16-26-12-7-19-41-38(26)39(27)42-23-29)21-32(28-13-6-18-40-22-28)36-30-14-4-10-24-11-5-15-31(34(24)30)37(35)36/h1-23H. The van der Waals surface area contributed by atoms with Gasteiger partial charge in [0.05, 0.1) is 11.0 Å². The van der Waals surface area contributed by atoms with E-state index in [1.54, 1.807) is 0 Å². The van der Waals surface area contributed by atoms with Gasteiger partial charge < -0.3 is 0 Å². The molecule has 8 aromatic rings. The second kappa shape index (κ2) is 8.92. The van der Waals surface area contributed by atoms with Crippen molar-refractivity contribution in [1.29, 1.82) is 0 Å². The van der Waals surface area contributed by atoms with Gasteiger partial charge in [0.25, 0.3) is 0 Å². The van der Waals surface area contributed by atoms with E-state index in [4.69, 9.17) is 4.98 Å². The molecule has 0 amide bonds. The first kappa shape index (κ1) is 23.1. The van der Waals surface area contributed by atoms with Crippen LogP contribution in [0.5, 0.6) is 0 Å². The van der Waals surface area contributed by atoms with Crippen molar-refractivity contribution in [3.63, 3.8) is 0 Å². The fraction of sp³-hybridized carbons (Fsp3) is 0. The molecule has 0 atom stereocenters. The lowest BCUT2D eigenvalue weighted by Gasteiger charge is -2.21. The second-order valence-corrected chi connectivity index (χ2v) is 10.9. The normalized spacial score (nSPS) is 11.8. The molecule has 0 aliphatic heterocycles. The number of nitrogens with zero attached hydrogens (tertiary/aromatic N) is 3. The molecule has 0 saturated heterocycles. The number of pyridine rings is 3. The van der Waals surface area contributed by atoms with E-state index in [0.717, 1.165) is 38.5 Å². The molecule has 0 bridgehead atoms. The first-order valence-electron chi connectivity index (χ1n) is 14.2. The molecule has 194 valence electrons. The average molecular weight is 534 g/mol. The molecule has 5 aromatic carbocycles. The SMILES string of the molecule is c1ccc(-c2c(-c3cnc4c(ccc5cccnc54)c3)cc(-c3cccnc3)c3c2-c2cccc4cccc-3c24)cc1. The van der Waals surface area contributed by atoms with Crippen LogP contribution in [0.15, 0.2) is 140 Å². The summed E-state index contributed by atoms with van der Waals surface area (Å²) in [5.41, 5.74) is 13.8. The first-order valence-corrected chi connectivity index (χ1v) is 14.2. The summed E-state index contributed by atoms with van der Waals surface area (Å²) in [7, 11) is 0. The van der Waals surface area contributed by atoms with E-state index in [2.05, 4.69) is 113 Å². The number of hydrogen-bond acceptors (Lipinski definition) is 3. The molecule has 9 rings (SSSR count). The van der Waals surface area contributed by atoms with Gasteiger partial charge in [-0.25, -0.2) is 0 Å². The molecule has 0 unspecified atom stereocenters. The van der Waals surface area contributed by atoms with Gasteiger partial charge in [0, 0.05) is 46.7 Å². The third kappa shape index (κ3) is 3.31. The van der Waals surface area contributed by atoms with Crippen LogP contribution in [0.25, 0.3) is 88.2 Å². The third-order valence-electron chi connectivity index (χ3n) is 8.54. The molecule has 0 fully saturated rings. The summed E-state index contributed by atoms with van der Waals surface area (Å²) in [5.74, 6) is 0. The molecule has 3 aromatic heterocycles. The molecule has 3 heteroatoms. The van der Waals surface area contributed by atoms with Gasteiger partial charge in [-0.2, -0.15) is 0 Å². The van der Waals surface area contributed by atoms with Crippen molar-refractivity contribution in [3.05, 3.63) is 140 Å². The van der Waals surface area contributed by atoms with Crippen molar-refractivity contribution < 1.29 is 0 Å². The number of fused-ring (bicyclic) bond motifs is 6. The zero-order valence-corrected chi connectivity index (χ0v) is 22.6. The van der Waals surface area contributed by atoms with Crippen LogP contribution < -0.4 is 0 Å². The summed E-state index contributed by atoms with van der Waals surface area (Å²) in [6.07, 6.45) is 7.66. The van der Waals surface area contributed by atoms with Gasteiger partial charge in [-0.05, 0) is 79.5 Å². The maximum atomic E-state index is 5.02. The van der Waals surface area contributed by atoms with Crippen molar-refractivity contribution >= 4 is 32.6 Å². The first-order chi connectivity index (χ1) is 20.8. The maximum Gasteiger partial charge on any atom is 0.0964 e. The van der Waals surface area contributed by atoms with Crippen LogP contribution in [0.3, 0.4) is 0 Å². The summed E-state index contributed by atoms with van der Waals surface area (Å²) in [4.78, 5) is 14.2. The lowest BCUT2D eigenvalue weighted by Crippen LogP contribution is -1.95. The average Bonchev–Trinajstić information content (AvgIpc) is 3.40. The topological polar surface area (TPSA) is 38.7 Å². The van der Waals surface area contributed by atoms with E-state index in [1.165, 1.54) is 49.7 Å². The quantitative estimate of drug-likeness (QED) is 0.212. The Kier molecular flexibility index (Phi) is 4.90. The Bertz CT molecular complexity index is 2340. The Morgan fingerprint density at radius 3 is 1.93 bits per heavy atom. The Morgan fingerprint density at radius 2 is 1.10 bits per heavy atom. The van der Waals surface area contributed by atoms with Crippen molar-refractivity contribution in [1.82, 2.24) is 15.0 Å². The van der Waals surface area contributed by atoms with Crippen molar-refractivity contribution in [2.75, 3.05) is 0 Å². The highest BCUT2D eigenvalue weighted by atomic mass is 14.7. The van der Waals surface area contributed by atoms with E-state index in [1.807, 2.05) is 36.9 Å². The predicted molar refractivity (Wildman–Crippen MR) is 173 cm³/mol. The van der Waals surface area contributed by atoms with E-state index in [9.17, 15) is 0 Å². The summed E-state index contributed by atoms with van der Waals surface area (Å²) in [6, 6.07) is 41.2. The molecular formula is C39H23N3. The predicted octanol–water partition coefficient (Wildman–Crippen LogP) is 9.98. The second-order valence-electron chi connectivity index (χ2n) is 10.9. The third-order valence-corrected chi connectivity index (χ3v) is 8.54. The van der Waals surface area contributed by atoms with Gasteiger partial charge in [-0.15, -0.1) is 0 Å². The number of rotatable bonds is 3. The fourth-order valence-electron chi connectivity index (χ4n) is 6.76. The summed E-state index contributed by atoms with van der Waals surface area (Å²) in [6.45, 7) is 0. The molecule has 0 spiro atoms. The Hall–Kier alpha value is -5.67. The minimum Gasteiger partial charge on any atom is -0.264 e. The summed E-state index contributed by atoms with van der Waals surface area (Å²) >= 11 is 0. The number of hydrogen-bond donors (Lipinski definition) is 0. The van der Waals surface area contributed by atoms with Crippen LogP contribution >= 0.6 is 0 Å². The molecule has 3 heterocycles. The Balaban J connectivity index is 1.43. The van der Waals surface area contributed by atoms with Gasteiger partial charge in [0.2, 0.25) is 0 Å². The lowest BCUT2D eigenvalue weighted by atomic mass is 9.82. The molecule has 0 radical (unpaired) electrons. The van der Waals surface area contributed by atoms with E-state index < -0.39 is 0 Å². The van der Waals surface area contributed by atoms with Gasteiger partial charge in [0.15, 0.2) is 0 Å². The molecule has 0 N–H and O–H groups in total. The van der Waals surface area contributed by atoms with Crippen LogP contribution in [-0.4, -0.2) is 15.0 Å². The van der Waals surface area contributed by atoms with Crippen LogP contribution in [0, 0.1) is 0 Å². The Labute approximate surface area is 242 Å². The maximum absolute atomic E-state index is 5.02. The monoisotopic (exact) mass is 533 g/mol. The fourth-order valence-corrected chi connectivity index (χ4v) is 6.76. The van der Waals surface area contributed by atoms with Crippen LogP contribution in [0.1, 0.15) is 0 Å². The molecule has 1 aliphatic carbocycles. The minimum absolute atomic E-state index is 0.920. The summed E-state index contributed by atoms with van der Waals surface area (Å²) in [5, 5.41) is 4.73. The molecule has 42 heavy (non-hydrogen) atoms. The van der Waals surface area contributed by atoms with Crippen LogP contribution in [-0.2, 0) is 0 Å². The van der Waals surface area contributed by atoms with Crippen molar-refractivity contribution in [2.45, 2.75) is 0 Å². The van der Waals surface area contributed by atoms with Crippen molar-refractivity contribution in [2.24, 2.45) is 0 Å².